The Morgan fingerprint density at radius 2 is 2.19 bits per heavy atom. The highest BCUT2D eigenvalue weighted by atomic mass is 79.9. The van der Waals surface area contributed by atoms with Crippen LogP contribution in [0.15, 0.2) is 37.9 Å². The Bertz CT molecular complexity index is 713. The predicted molar refractivity (Wildman–Crippen MR) is 87.5 cm³/mol. The van der Waals surface area contributed by atoms with Crippen LogP contribution in [0.2, 0.25) is 0 Å². The number of hydrogen-bond donors (Lipinski definition) is 1. The molecule has 1 aliphatic heterocycles. The first-order valence-electron chi connectivity index (χ1n) is 7.22. The molecular formula is C16H19BrN2O2. The van der Waals surface area contributed by atoms with Crippen LogP contribution in [0.4, 0.5) is 0 Å². The Hall–Kier alpha value is -1.17. The van der Waals surface area contributed by atoms with Crippen LogP contribution in [0.25, 0.3) is 11.0 Å². The molecule has 0 saturated carbocycles. The maximum absolute atomic E-state index is 11.8. The second-order valence-corrected chi connectivity index (χ2v) is 6.73. The molecule has 1 fully saturated rings. The molecule has 2 atom stereocenters. The summed E-state index contributed by atoms with van der Waals surface area (Å²) in [5, 5.41) is 4.49. The van der Waals surface area contributed by atoms with Crippen LogP contribution in [0.3, 0.4) is 0 Å². The average Bonchev–Trinajstić information content (AvgIpc) is 2.42. The van der Waals surface area contributed by atoms with E-state index in [-0.39, 0.29) is 5.63 Å². The highest BCUT2D eigenvalue weighted by molar-refractivity contribution is 9.10. The number of nitrogens with one attached hydrogen (secondary N) is 1. The predicted octanol–water partition coefficient (Wildman–Crippen LogP) is 2.74. The van der Waals surface area contributed by atoms with Gasteiger partial charge >= 0.3 is 5.63 Å². The molecule has 1 saturated heterocycles. The Morgan fingerprint density at radius 3 is 3.00 bits per heavy atom. The second-order valence-electron chi connectivity index (χ2n) is 5.82. The first-order chi connectivity index (χ1) is 10.0. The van der Waals surface area contributed by atoms with Crippen molar-refractivity contribution in [2.75, 3.05) is 13.1 Å². The van der Waals surface area contributed by atoms with Crippen molar-refractivity contribution in [3.63, 3.8) is 0 Å². The van der Waals surface area contributed by atoms with Gasteiger partial charge in [-0.3, -0.25) is 4.90 Å². The Labute approximate surface area is 132 Å². The molecule has 2 heterocycles. The van der Waals surface area contributed by atoms with E-state index >= 15 is 0 Å². The maximum Gasteiger partial charge on any atom is 0.336 e. The van der Waals surface area contributed by atoms with Crippen molar-refractivity contribution in [2.45, 2.75) is 32.5 Å². The van der Waals surface area contributed by atoms with Crippen LogP contribution in [0.5, 0.6) is 0 Å². The van der Waals surface area contributed by atoms with Gasteiger partial charge in [-0.25, -0.2) is 4.79 Å². The summed E-state index contributed by atoms with van der Waals surface area (Å²) < 4.78 is 6.22. The number of piperazine rings is 1. The van der Waals surface area contributed by atoms with Gasteiger partial charge < -0.3 is 9.73 Å². The molecule has 3 rings (SSSR count). The zero-order valence-corrected chi connectivity index (χ0v) is 13.8. The van der Waals surface area contributed by atoms with E-state index in [0.717, 1.165) is 35.1 Å². The fraction of sp³-hybridized carbons (Fsp3) is 0.438. The lowest BCUT2D eigenvalue weighted by atomic mass is 10.1. The van der Waals surface area contributed by atoms with Crippen molar-refractivity contribution in [2.24, 2.45) is 0 Å². The number of benzene rings is 1. The molecule has 0 bridgehead atoms. The summed E-state index contributed by atoms with van der Waals surface area (Å²) >= 11 is 3.42. The Balaban J connectivity index is 1.98. The van der Waals surface area contributed by atoms with Crippen LogP contribution in [0, 0.1) is 0 Å². The summed E-state index contributed by atoms with van der Waals surface area (Å²) in [5.41, 5.74) is 1.39. The van der Waals surface area contributed by atoms with Gasteiger partial charge in [0, 0.05) is 47.6 Å². The third kappa shape index (κ3) is 3.20. The molecule has 21 heavy (non-hydrogen) atoms. The number of halogens is 1. The molecule has 1 N–H and O–H groups in total. The van der Waals surface area contributed by atoms with Gasteiger partial charge in [0.25, 0.3) is 0 Å². The molecule has 0 spiro atoms. The fourth-order valence-electron chi connectivity index (χ4n) is 2.87. The smallest absolute Gasteiger partial charge is 0.336 e. The van der Waals surface area contributed by atoms with Crippen molar-refractivity contribution in [3.05, 3.63) is 44.7 Å². The van der Waals surface area contributed by atoms with E-state index < -0.39 is 0 Å². The number of nitrogens with zero attached hydrogens (tertiary/aromatic N) is 1. The van der Waals surface area contributed by atoms with Crippen molar-refractivity contribution in [1.29, 1.82) is 0 Å². The highest BCUT2D eigenvalue weighted by Gasteiger charge is 2.23. The monoisotopic (exact) mass is 350 g/mol. The van der Waals surface area contributed by atoms with Gasteiger partial charge in [0.2, 0.25) is 0 Å². The van der Waals surface area contributed by atoms with Crippen molar-refractivity contribution in [1.82, 2.24) is 10.2 Å². The third-order valence-electron chi connectivity index (χ3n) is 4.06. The van der Waals surface area contributed by atoms with Crippen LogP contribution in [-0.4, -0.2) is 30.1 Å². The fourth-order valence-corrected chi connectivity index (χ4v) is 3.21. The lowest BCUT2D eigenvalue weighted by Crippen LogP contribution is -2.53. The number of rotatable bonds is 2. The summed E-state index contributed by atoms with van der Waals surface area (Å²) in [4.78, 5) is 14.2. The quantitative estimate of drug-likeness (QED) is 0.846. The normalized spacial score (nSPS) is 23.6. The second kappa shape index (κ2) is 5.91. The minimum absolute atomic E-state index is 0.286. The molecule has 112 valence electrons. The molecule has 5 heteroatoms. The van der Waals surface area contributed by atoms with E-state index in [1.165, 1.54) is 0 Å². The lowest BCUT2D eigenvalue weighted by molar-refractivity contribution is 0.139. The molecule has 2 unspecified atom stereocenters. The first-order valence-corrected chi connectivity index (χ1v) is 8.02. The van der Waals surface area contributed by atoms with Gasteiger partial charge in [-0.05, 0) is 37.6 Å². The molecule has 0 radical (unpaired) electrons. The van der Waals surface area contributed by atoms with E-state index in [9.17, 15) is 4.79 Å². The van der Waals surface area contributed by atoms with Gasteiger partial charge in [-0.2, -0.15) is 0 Å². The molecule has 1 aromatic heterocycles. The Kier molecular flexibility index (Phi) is 4.15. The minimum Gasteiger partial charge on any atom is -0.423 e. The number of fused-ring (bicyclic) bond motifs is 1. The van der Waals surface area contributed by atoms with Gasteiger partial charge in [0.15, 0.2) is 0 Å². The van der Waals surface area contributed by atoms with E-state index in [1.807, 2.05) is 18.2 Å². The van der Waals surface area contributed by atoms with Crippen LogP contribution in [-0.2, 0) is 6.54 Å². The Morgan fingerprint density at radius 1 is 1.38 bits per heavy atom. The highest BCUT2D eigenvalue weighted by Crippen LogP contribution is 2.23. The third-order valence-corrected chi connectivity index (χ3v) is 4.55. The van der Waals surface area contributed by atoms with Crippen molar-refractivity contribution in [3.8, 4) is 0 Å². The van der Waals surface area contributed by atoms with Gasteiger partial charge in [0.05, 0.1) is 0 Å². The zero-order valence-electron chi connectivity index (χ0n) is 12.2. The number of hydrogen-bond acceptors (Lipinski definition) is 4. The molecule has 1 aromatic carbocycles. The van der Waals surface area contributed by atoms with E-state index in [0.29, 0.717) is 17.7 Å². The molecule has 0 aliphatic carbocycles. The summed E-state index contributed by atoms with van der Waals surface area (Å²) in [7, 11) is 0. The minimum atomic E-state index is -0.286. The van der Waals surface area contributed by atoms with E-state index in [1.54, 1.807) is 6.07 Å². The summed E-state index contributed by atoms with van der Waals surface area (Å²) in [5.74, 6) is 0. The first kappa shape index (κ1) is 14.8. The summed E-state index contributed by atoms with van der Waals surface area (Å²) in [6, 6.07) is 8.39. The lowest BCUT2D eigenvalue weighted by Gasteiger charge is -2.37. The van der Waals surface area contributed by atoms with E-state index in [4.69, 9.17) is 4.42 Å². The molecule has 2 aromatic rings. The van der Waals surface area contributed by atoms with Gasteiger partial charge in [-0.1, -0.05) is 15.9 Å². The van der Waals surface area contributed by atoms with Crippen molar-refractivity contribution < 1.29 is 4.42 Å². The average molecular weight is 351 g/mol. The zero-order chi connectivity index (χ0) is 15.0. The molecule has 0 amide bonds. The topological polar surface area (TPSA) is 45.5 Å². The largest absolute Gasteiger partial charge is 0.423 e. The van der Waals surface area contributed by atoms with Crippen LogP contribution in [0.1, 0.15) is 19.4 Å². The van der Waals surface area contributed by atoms with Gasteiger partial charge in [-0.15, -0.1) is 0 Å². The summed E-state index contributed by atoms with van der Waals surface area (Å²) in [6.07, 6.45) is 0. The van der Waals surface area contributed by atoms with Gasteiger partial charge in [0.1, 0.15) is 5.58 Å². The molecule has 4 nitrogen and oxygen atoms in total. The molecule has 1 aliphatic rings. The van der Waals surface area contributed by atoms with E-state index in [2.05, 4.69) is 40.0 Å². The molecular weight excluding hydrogens is 332 g/mol. The SMILES string of the molecule is CC1CN(Cc2cc(=O)oc3cc(Br)ccc23)C(C)CN1. The van der Waals surface area contributed by atoms with Crippen LogP contribution >= 0.6 is 15.9 Å². The maximum atomic E-state index is 11.8. The summed E-state index contributed by atoms with van der Waals surface area (Å²) in [6.45, 7) is 7.14. The van der Waals surface area contributed by atoms with Crippen LogP contribution < -0.4 is 10.9 Å². The van der Waals surface area contributed by atoms with Crippen molar-refractivity contribution >= 4 is 26.9 Å². The standard InChI is InChI=1S/C16H19BrN2O2/c1-10-8-19(11(2)7-18-10)9-12-5-16(20)21-15-6-13(17)3-4-14(12)15/h3-6,10-11,18H,7-9H2,1-2H3.